The van der Waals surface area contributed by atoms with Gasteiger partial charge in [0.05, 0.1) is 18.9 Å². The highest BCUT2D eigenvalue weighted by molar-refractivity contribution is 5.98. The second-order valence-electron chi connectivity index (χ2n) is 3.95. The van der Waals surface area contributed by atoms with Crippen LogP contribution in [0.25, 0.3) is 0 Å². The molecule has 0 fully saturated rings. The van der Waals surface area contributed by atoms with E-state index in [2.05, 4.69) is 10.3 Å². The normalized spacial score (nSPS) is 11.4. The SMILES string of the molecule is COc1cnccc1C(=O)N[C@H](CCC(N)=O)C(=O)O. The zero-order chi connectivity index (χ0) is 15.1. The Labute approximate surface area is 114 Å². The summed E-state index contributed by atoms with van der Waals surface area (Å²) in [5.74, 6) is -2.27. The summed E-state index contributed by atoms with van der Waals surface area (Å²) in [7, 11) is 1.37. The van der Waals surface area contributed by atoms with E-state index in [0.717, 1.165) is 0 Å². The van der Waals surface area contributed by atoms with Crippen molar-refractivity contribution in [2.24, 2.45) is 5.73 Å². The predicted molar refractivity (Wildman–Crippen MR) is 68.1 cm³/mol. The van der Waals surface area contributed by atoms with E-state index in [9.17, 15) is 14.4 Å². The maximum Gasteiger partial charge on any atom is 0.326 e. The summed E-state index contributed by atoms with van der Waals surface area (Å²) in [6.07, 6.45) is 2.51. The van der Waals surface area contributed by atoms with E-state index >= 15 is 0 Å². The molecule has 0 aromatic carbocycles. The van der Waals surface area contributed by atoms with Gasteiger partial charge in [-0.3, -0.25) is 14.6 Å². The van der Waals surface area contributed by atoms with Gasteiger partial charge in [0.15, 0.2) is 0 Å². The number of pyridine rings is 1. The van der Waals surface area contributed by atoms with Crippen molar-refractivity contribution in [3.8, 4) is 5.75 Å². The molecule has 0 aliphatic heterocycles. The van der Waals surface area contributed by atoms with Crippen molar-refractivity contribution in [2.75, 3.05) is 7.11 Å². The Hall–Kier alpha value is -2.64. The molecule has 1 aromatic heterocycles. The van der Waals surface area contributed by atoms with E-state index in [4.69, 9.17) is 15.6 Å². The minimum Gasteiger partial charge on any atom is -0.494 e. The van der Waals surface area contributed by atoms with E-state index in [1.165, 1.54) is 25.6 Å². The molecule has 1 rings (SSSR count). The van der Waals surface area contributed by atoms with E-state index in [-0.39, 0.29) is 24.2 Å². The highest BCUT2D eigenvalue weighted by atomic mass is 16.5. The van der Waals surface area contributed by atoms with Crippen molar-refractivity contribution in [1.82, 2.24) is 10.3 Å². The van der Waals surface area contributed by atoms with E-state index in [1.807, 2.05) is 0 Å². The third kappa shape index (κ3) is 4.23. The third-order valence-corrected chi connectivity index (χ3v) is 2.53. The number of aliphatic carboxylic acids is 1. The predicted octanol–water partition coefficient (Wildman–Crippen LogP) is -0.461. The molecule has 8 nitrogen and oxygen atoms in total. The second-order valence-corrected chi connectivity index (χ2v) is 3.95. The fourth-order valence-electron chi connectivity index (χ4n) is 1.51. The average molecular weight is 281 g/mol. The molecule has 0 saturated carbocycles. The number of methoxy groups -OCH3 is 1. The number of nitrogens with zero attached hydrogens (tertiary/aromatic N) is 1. The lowest BCUT2D eigenvalue weighted by molar-refractivity contribution is -0.139. The Morgan fingerprint density at radius 3 is 2.75 bits per heavy atom. The topological polar surface area (TPSA) is 132 Å². The van der Waals surface area contributed by atoms with Crippen LogP contribution in [0, 0.1) is 0 Å². The van der Waals surface area contributed by atoms with Crippen LogP contribution in [-0.2, 0) is 9.59 Å². The average Bonchev–Trinajstić information content (AvgIpc) is 2.42. The number of nitrogens with two attached hydrogens (primary N) is 1. The number of amides is 2. The number of carboxylic acid groups (broad SMARTS) is 1. The molecule has 108 valence electrons. The summed E-state index contributed by atoms with van der Waals surface area (Å²) in [4.78, 5) is 37.5. The summed E-state index contributed by atoms with van der Waals surface area (Å²) in [6, 6.07) is 0.203. The van der Waals surface area contributed by atoms with Gasteiger partial charge >= 0.3 is 5.97 Å². The number of carbonyl (C=O) groups excluding carboxylic acids is 2. The Bertz CT molecular complexity index is 518. The van der Waals surface area contributed by atoms with Gasteiger partial charge in [-0.1, -0.05) is 0 Å². The number of nitrogens with one attached hydrogen (secondary N) is 1. The van der Waals surface area contributed by atoms with Crippen LogP contribution in [0.3, 0.4) is 0 Å². The van der Waals surface area contributed by atoms with E-state index in [0.29, 0.717) is 0 Å². The quantitative estimate of drug-likeness (QED) is 0.619. The fraction of sp³-hybridized carbons (Fsp3) is 0.333. The van der Waals surface area contributed by atoms with Gasteiger partial charge in [-0.2, -0.15) is 0 Å². The number of primary amides is 1. The summed E-state index contributed by atoms with van der Waals surface area (Å²) in [5.41, 5.74) is 5.12. The third-order valence-electron chi connectivity index (χ3n) is 2.53. The largest absolute Gasteiger partial charge is 0.494 e. The van der Waals surface area contributed by atoms with Gasteiger partial charge < -0.3 is 20.9 Å². The van der Waals surface area contributed by atoms with Crippen molar-refractivity contribution in [2.45, 2.75) is 18.9 Å². The Balaban J connectivity index is 2.80. The maximum atomic E-state index is 12.0. The highest BCUT2D eigenvalue weighted by Gasteiger charge is 2.22. The first-order valence-electron chi connectivity index (χ1n) is 5.75. The molecular weight excluding hydrogens is 266 g/mol. The molecular formula is C12H15N3O5. The molecule has 0 spiro atoms. The van der Waals surface area contributed by atoms with Gasteiger partial charge in [-0.05, 0) is 12.5 Å². The van der Waals surface area contributed by atoms with Crippen molar-refractivity contribution < 1.29 is 24.2 Å². The van der Waals surface area contributed by atoms with Crippen LogP contribution in [0.15, 0.2) is 18.5 Å². The minimum absolute atomic E-state index is 0.0796. The number of hydrogen-bond acceptors (Lipinski definition) is 5. The summed E-state index contributed by atoms with van der Waals surface area (Å²) >= 11 is 0. The van der Waals surface area contributed by atoms with Crippen molar-refractivity contribution >= 4 is 17.8 Å². The monoisotopic (exact) mass is 281 g/mol. The highest BCUT2D eigenvalue weighted by Crippen LogP contribution is 2.15. The van der Waals surface area contributed by atoms with Crippen LogP contribution in [0.1, 0.15) is 23.2 Å². The lowest BCUT2D eigenvalue weighted by atomic mass is 10.1. The van der Waals surface area contributed by atoms with Crippen LogP contribution in [0.2, 0.25) is 0 Å². The zero-order valence-corrected chi connectivity index (χ0v) is 10.8. The van der Waals surface area contributed by atoms with Crippen LogP contribution < -0.4 is 15.8 Å². The molecule has 0 aliphatic carbocycles. The number of hydrogen-bond donors (Lipinski definition) is 3. The molecule has 8 heteroatoms. The Kier molecular flexibility index (Phi) is 5.45. The van der Waals surface area contributed by atoms with E-state index < -0.39 is 23.8 Å². The summed E-state index contributed by atoms with van der Waals surface area (Å²) in [6.45, 7) is 0. The van der Waals surface area contributed by atoms with Gasteiger partial charge in [-0.25, -0.2) is 4.79 Å². The Morgan fingerprint density at radius 1 is 1.50 bits per heavy atom. The van der Waals surface area contributed by atoms with Crippen LogP contribution >= 0.6 is 0 Å². The van der Waals surface area contributed by atoms with Crippen LogP contribution in [-0.4, -0.2) is 41.0 Å². The van der Waals surface area contributed by atoms with Crippen molar-refractivity contribution in [3.05, 3.63) is 24.0 Å². The lowest BCUT2D eigenvalue weighted by Crippen LogP contribution is -2.41. The number of rotatable bonds is 7. The summed E-state index contributed by atoms with van der Waals surface area (Å²) < 4.78 is 4.96. The molecule has 1 heterocycles. The first-order chi connectivity index (χ1) is 9.45. The van der Waals surface area contributed by atoms with Crippen molar-refractivity contribution in [3.63, 3.8) is 0 Å². The van der Waals surface area contributed by atoms with Crippen LogP contribution in [0.4, 0.5) is 0 Å². The minimum atomic E-state index is -1.24. The lowest BCUT2D eigenvalue weighted by Gasteiger charge is -2.14. The maximum absolute atomic E-state index is 12.0. The molecule has 2 amide bonds. The number of carbonyl (C=O) groups is 3. The van der Waals surface area contributed by atoms with Gasteiger partial charge in [0.2, 0.25) is 5.91 Å². The van der Waals surface area contributed by atoms with Crippen LogP contribution in [0.5, 0.6) is 5.75 Å². The van der Waals surface area contributed by atoms with Gasteiger partial charge in [0.25, 0.3) is 5.91 Å². The first kappa shape index (κ1) is 15.4. The van der Waals surface area contributed by atoms with Gasteiger partial charge in [0.1, 0.15) is 11.8 Å². The standard InChI is InChI=1S/C12H15N3O5/c1-20-9-6-14-5-4-7(9)11(17)15-8(12(18)19)2-3-10(13)16/h4-6,8H,2-3H2,1H3,(H2,13,16)(H,15,17)(H,18,19)/t8-/m1/s1. The number of ether oxygens (including phenoxy) is 1. The second kappa shape index (κ2) is 7.07. The van der Waals surface area contributed by atoms with Gasteiger partial charge in [0, 0.05) is 12.6 Å². The van der Waals surface area contributed by atoms with Gasteiger partial charge in [-0.15, -0.1) is 0 Å². The molecule has 0 bridgehead atoms. The molecule has 0 aliphatic rings. The van der Waals surface area contributed by atoms with E-state index in [1.54, 1.807) is 0 Å². The summed E-state index contributed by atoms with van der Waals surface area (Å²) in [5, 5.41) is 11.3. The Morgan fingerprint density at radius 2 is 2.20 bits per heavy atom. The molecule has 0 saturated heterocycles. The van der Waals surface area contributed by atoms with Crippen molar-refractivity contribution in [1.29, 1.82) is 0 Å². The molecule has 1 aromatic rings. The number of carboxylic acids is 1. The molecule has 0 radical (unpaired) electrons. The smallest absolute Gasteiger partial charge is 0.326 e. The molecule has 0 unspecified atom stereocenters. The zero-order valence-electron chi connectivity index (χ0n) is 10.8. The molecule has 4 N–H and O–H groups in total. The molecule has 20 heavy (non-hydrogen) atoms. The molecule has 1 atom stereocenters. The number of aromatic nitrogens is 1. The first-order valence-corrected chi connectivity index (χ1v) is 5.75. The fourth-order valence-corrected chi connectivity index (χ4v) is 1.51.